The van der Waals surface area contributed by atoms with Gasteiger partial charge in [0.05, 0.1) is 11.5 Å². The first kappa shape index (κ1) is 15.5. The van der Waals surface area contributed by atoms with Crippen LogP contribution < -0.4 is 10.1 Å². The van der Waals surface area contributed by atoms with E-state index in [2.05, 4.69) is 11.4 Å². The number of benzene rings is 1. The molecule has 0 radical (unpaired) electrons. The summed E-state index contributed by atoms with van der Waals surface area (Å²) in [5, 5.41) is 16.1. The molecule has 0 fully saturated rings. The average Bonchev–Trinajstić information content (AvgIpc) is 2.99. The van der Waals surface area contributed by atoms with Gasteiger partial charge in [-0.25, -0.2) is 0 Å². The molecule has 5 nitrogen and oxygen atoms in total. The molecule has 2 aromatic rings. The van der Waals surface area contributed by atoms with E-state index in [9.17, 15) is 10.1 Å². The van der Waals surface area contributed by atoms with Gasteiger partial charge in [0.25, 0.3) is 5.69 Å². The van der Waals surface area contributed by atoms with Crippen LogP contribution >= 0.6 is 11.3 Å². The van der Waals surface area contributed by atoms with Gasteiger partial charge in [-0.05, 0) is 24.1 Å². The topological polar surface area (TPSA) is 64.4 Å². The molecule has 21 heavy (non-hydrogen) atoms. The summed E-state index contributed by atoms with van der Waals surface area (Å²) in [6, 6.07) is 8.82. The van der Waals surface area contributed by atoms with Gasteiger partial charge in [0.2, 0.25) is 0 Å². The number of hydrogen-bond acceptors (Lipinski definition) is 5. The van der Waals surface area contributed by atoms with E-state index in [1.807, 2.05) is 18.4 Å². The van der Waals surface area contributed by atoms with Crippen LogP contribution in [0, 0.1) is 10.1 Å². The zero-order valence-corrected chi connectivity index (χ0v) is 12.7. The fourth-order valence-electron chi connectivity index (χ4n) is 1.93. The molecule has 2 rings (SSSR count). The first-order chi connectivity index (χ1) is 10.2. The highest BCUT2D eigenvalue weighted by atomic mass is 32.1. The summed E-state index contributed by atoms with van der Waals surface area (Å²) < 4.78 is 5.79. The van der Waals surface area contributed by atoms with Gasteiger partial charge in [0.15, 0.2) is 0 Å². The van der Waals surface area contributed by atoms with Crippen LogP contribution in [0.5, 0.6) is 5.75 Å². The highest BCUT2D eigenvalue weighted by Gasteiger charge is 2.11. The number of nitrogens with zero attached hydrogens (tertiary/aromatic N) is 1. The molecule has 0 unspecified atom stereocenters. The van der Waals surface area contributed by atoms with E-state index in [4.69, 9.17) is 4.74 Å². The predicted octanol–water partition coefficient (Wildman–Crippen LogP) is 3.39. The summed E-state index contributed by atoms with van der Waals surface area (Å²) in [5.74, 6) is 0.707. The predicted molar refractivity (Wildman–Crippen MR) is 84.0 cm³/mol. The van der Waals surface area contributed by atoms with Crippen LogP contribution in [-0.2, 0) is 13.0 Å². The van der Waals surface area contributed by atoms with Gasteiger partial charge in [0.1, 0.15) is 5.75 Å². The molecule has 0 saturated carbocycles. The summed E-state index contributed by atoms with van der Waals surface area (Å²) in [7, 11) is 0. The Hall–Kier alpha value is -1.92. The van der Waals surface area contributed by atoms with Gasteiger partial charge in [-0.15, -0.1) is 11.3 Å². The number of non-ortho nitro benzene ring substituents is 1. The molecular weight excluding hydrogens is 288 g/mol. The molecule has 1 N–H and O–H groups in total. The number of thiophene rings is 1. The normalized spacial score (nSPS) is 10.5. The fourth-order valence-corrected chi connectivity index (χ4v) is 2.62. The smallest absolute Gasteiger partial charge is 0.270 e. The minimum atomic E-state index is -0.384. The summed E-state index contributed by atoms with van der Waals surface area (Å²) in [4.78, 5) is 11.7. The quantitative estimate of drug-likeness (QED) is 0.600. The Kier molecular flexibility index (Phi) is 5.71. The molecule has 1 heterocycles. The van der Waals surface area contributed by atoms with E-state index < -0.39 is 0 Å². The number of rotatable bonds is 8. The highest BCUT2D eigenvalue weighted by Crippen LogP contribution is 2.24. The lowest BCUT2D eigenvalue weighted by Gasteiger charge is -2.11. The SMILES string of the molecule is CCNCc1cc([N+](=O)[O-])ccc1OCCc1cccs1. The van der Waals surface area contributed by atoms with E-state index in [1.54, 1.807) is 23.5 Å². The summed E-state index contributed by atoms with van der Waals surface area (Å²) in [6.07, 6.45) is 0.843. The minimum Gasteiger partial charge on any atom is -0.493 e. The van der Waals surface area contributed by atoms with E-state index >= 15 is 0 Å². The van der Waals surface area contributed by atoms with Crippen molar-refractivity contribution >= 4 is 17.0 Å². The van der Waals surface area contributed by atoms with Crippen molar-refractivity contribution in [3.05, 3.63) is 56.3 Å². The molecule has 0 aliphatic carbocycles. The Balaban J connectivity index is 2.03. The van der Waals surface area contributed by atoms with E-state index in [0.29, 0.717) is 18.9 Å². The third kappa shape index (κ3) is 4.54. The van der Waals surface area contributed by atoms with Gasteiger partial charge >= 0.3 is 0 Å². The Labute approximate surface area is 127 Å². The number of nitrogens with one attached hydrogen (secondary N) is 1. The Bertz CT molecular complexity index is 585. The molecule has 0 amide bonds. The van der Waals surface area contributed by atoms with Gasteiger partial charge in [-0.1, -0.05) is 13.0 Å². The Morgan fingerprint density at radius 1 is 1.38 bits per heavy atom. The first-order valence-corrected chi connectivity index (χ1v) is 7.72. The van der Waals surface area contributed by atoms with Crippen molar-refractivity contribution < 1.29 is 9.66 Å². The van der Waals surface area contributed by atoms with Crippen LogP contribution in [0.4, 0.5) is 5.69 Å². The maximum Gasteiger partial charge on any atom is 0.270 e. The summed E-state index contributed by atoms with van der Waals surface area (Å²) in [5.41, 5.74) is 0.908. The molecule has 1 aromatic heterocycles. The lowest BCUT2D eigenvalue weighted by Crippen LogP contribution is -2.13. The number of nitro benzene ring substituents is 1. The van der Waals surface area contributed by atoms with E-state index in [0.717, 1.165) is 18.5 Å². The van der Waals surface area contributed by atoms with Crippen LogP contribution in [0.2, 0.25) is 0 Å². The van der Waals surface area contributed by atoms with Crippen LogP contribution in [0.3, 0.4) is 0 Å². The zero-order valence-electron chi connectivity index (χ0n) is 11.9. The van der Waals surface area contributed by atoms with Crippen molar-refractivity contribution in [2.45, 2.75) is 19.9 Å². The molecule has 112 valence electrons. The summed E-state index contributed by atoms with van der Waals surface area (Å²) in [6.45, 7) is 3.93. The van der Waals surface area contributed by atoms with Gasteiger partial charge < -0.3 is 10.1 Å². The maximum absolute atomic E-state index is 10.9. The van der Waals surface area contributed by atoms with Crippen LogP contribution in [-0.4, -0.2) is 18.1 Å². The molecule has 0 atom stereocenters. The zero-order chi connectivity index (χ0) is 15.1. The average molecular weight is 306 g/mol. The molecule has 0 aliphatic heterocycles. The molecule has 0 bridgehead atoms. The second kappa shape index (κ2) is 7.75. The van der Waals surface area contributed by atoms with E-state index in [1.165, 1.54) is 10.9 Å². The van der Waals surface area contributed by atoms with Crippen molar-refractivity contribution in [2.75, 3.05) is 13.2 Å². The molecule has 1 aromatic carbocycles. The number of ether oxygens (including phenoxy) is 1. The Morgan fingerprint density at radius 2 is 2.24 bits per heavy atom. The maximum atomic E-state index is 10.9. The van der Waals surface area contributed by atoms with Crippen molar-refractivity contribution in [1.29, 1.82) is 0 Å². The monoisotopic (exact) mass is 306 g/mol. The van der Waals surface area contributed by atoms with Crippen molar-refractivity contribution in [3.63, 3.8) is 0 Å². The molecule has 0 saturated heterocycles. The largest absolute Gasteiger partial charge is 0.493 e. The molecule has 6 heteroatoms. The van der Waals surface area contributed by atoms with Gasteiger partial charge in [-0.3, -0.25) is 10.1 Å². The number of hydrogen-bond donors (Lipinski definition) is 1. The van der Waals surface area contributed by atoms with E-state index in [-0.39, 0.29) is 10.6 Å². The van der Waals surface area contributed by atoms with Crippen molar-refractivity contribution in [2.24, 2.45) is 0 Å². The third-order valence-corrected chi connectivity index (χ3v) is 3.94. The number of nitro groups is 1. The lowest BCUT2D eigenvalue weighted by atomic mass is 10.1. The fraction of sp³-hybridized carbons (Fsp3) is 0.333. The van der Waals surface area contributed by atoms with Gasteiger partial charge in [0, 0.05) is 35.5 Å². The Morgan fingerprint density at radius 3 is 2.90 bits per heavy atom. The first-order valence-electron chi connectivity index (χ1n) is 6.84. The van der Waals surface area contributed by atoms with Crippen LogP contribution in [0.25, 0.3) is 0 Å². The second-order valence-corrected chi connectivity index (χ2v) is 5.54. The van der Waals surface area contributed by atoms with Crippen molar-refractivity contribution in [1.82, 2.24) is 5.32 Å². The lowest BCUT2D eigenvalue weighted by molar-refractivity contribution is -0.384. The van der Waals surface area contributed by atoms with Gasteiger partial charge in [-0.2, -0.15) is 0 Å². The van der Waals surface area contributed by atoms with Crippen LogP contribution in [0.1, 0.15) is 17.4 Å². The van der Waals surface area contributed by atoms with Crippen molar-refractivity contribution in [3.8, 4) is 5.75 Å². The molecular formula is C15H18N2O3S. The third-order valence-electron chi connectivity index (χ3n) is 3.01. The van der Waals surface area contributed by atoms with Crippen LogP contribution in [0.15, 0.2) is 35.7 Å². The standard InChI is InChI=1S/C15H18N2O3S/c1-2-16-11-12-10-13(17(18)19)5-6-15(12)20-8-7-14-4-3-9-21-14/h3-6,9-10,16H,2,7-8,11H2,1H3. The molecule has 0 spiro atoms. The summed E-state index contributed by atoms with van der Waals surface area (Å²) >= 11 is 1.70. The minimum absolute atomic E-state index is 0.0912. The highest BCUT2D eigenvalue weighted by molar-refractivity contribution is 7.09. The molecule has 0 aliphatic rings. The second-order valence-electron chi connectivity index (χ2n) is 4.51.